The van der Waals surface area contributed by atoms with E-state index in [2.05, 4.69) is 29.8 Å². The van der Waals surface area contributed by atoms with E-state index in [1.807, 2.05) is 31.4 Å². The molecule has 2 fully saturated rings. The molecule has 3 heterocycles. The Balaban J connectivity index is 0.00000196. The van der Waals surface area contributed by atoms with Gasteiger partial charge in [-0.1, -0.05) is 18.9 Å². The van der Waals surface area contributed by atoms with Crippen LogP contribution in [0.3, 0.4) is 0 Å². The van der Waals surface area contributed by atoms with Crippen LogP contribution >= 0.6 is 24.0 Å². The molecular weight excluding hydrogens is 439 g/mol. The lowest BCUT2D eigenvalue weighted by Crippen LogP contribution is -2.40. The van der Waals surface area contributed by atoms with Gasteiger partial charge in [0.2, 0.25) is 0 Å². The van der Waals surface area contributed by atoms with Gasteiger partial charge in [-0.15, -0.1) is 34.2 Å². The van der Waals surface area contributed by atoms with Crippen molar-refractivity contribution >= 4 is 35.6 Å². The third-order valence-electron chi connectivity index (χ3n) is 5.73. The van der Waals surface area contributed by atoms with Crippen LogP contribution in [0.15, 0.2) is 29.4 Å². The SMILES string of the molecule is CN=C(NCCCc1nnc2ccccn12)N1CC2CCCCC2C1.I. The van der Waals surface area contributed by atoms with Gasteiger partial charge in [-0.3, -0.25) is 9.39 Å². The highest BCUT2D eigenvalue weighted by atomic mass is 127. The lowest BCUT2D eigenvalue weighted by Gasteiger charge is -2.22. The Morgan fingerprint density at radius 3 is 2.69 bits per heavy atom. The van der Waals surface area contributed by atoms with Crippen LogP contribution in [0.25, 0.3) is 5.65 Å². The van der Waals surface area contributed by atoms with Crippen molar-refractivity contribution in [3.05, 3.63) is 30.2 Å². The molecule has 2 aromatic heterocycles. The van der Waals surface area contributed by atoms with Crippen LogP contribution in [0.4, 0.5) is 0 Å². The standard InChI is InChI=1S/C19H28N6.HI/c1-20-19(24-13-15-7-2-3-8-16(15)14-24)21-11-6-10-18-23-22-17-9-4-5-12-25(17)18;/h4-5,9,12,15-16H,2-3,6-8,10-11,13-14H2,1H3,(H,20,21);1H. The van der Waals surface area contributed by atoms with Gasteiger partial charge >= 0.3 is 0 Å². The first-order valence-electron chi connectivity index (χ1n) is 9.59. The predicted molar refractivity (Wildman–Crippen MR) is 115 cm³/mol. The number of aryl methyl sites for hydroxylation is 1. The highest BCUT2D eigenvalue weighted by molar-refractivity contribution is 14.0. The molecule has 1 saturated heterocycles. The predicted octanol–water partition coefficient (Wildman–Crippen LogP) is 2.98. The summed E-state index contributed by atoms with van der Waals surface area (Å²) in [4.78, 5) is 6.98. The van der Waals surface area contributed by atoms with Gasteiger partial charge < -0.3 is 10.2 Å². The quantitative estimate of drug-likeness (QED) is 0.325. The lowest BCUT2D eigenvalue weighted by molar-refractivity contribution is 0.299. The normalized spacial score (nSPS) is 23.0. The summed E-state index contributed by atoms with van der Waals surface area (Å²) in [6.45, 7) is 3.28. The average Bonchev–Trinajstić information content (AvgIpc) is 3.26. The number of aromatic nitrogens is 3. The average molecular weight is 468 g/mol. The number of nitrogens with zero attached hydrogens (tertiary/aromatic N) is 5. The number of nitrogens with one attached hydrogen (secondary N) is 1. The fraction of sp³-hybridized carbons (Fsp3) is 0.632. The molecule has 0 amide bonds. The molecule has 7 heteroatoms. The fourth-order valence-corrected chi connectivity index (χ4v) is 4.42. The molecule has 1 saturated carbocycles. The summed E-state index contributed by atoms with van der Waals surface area (Å²) in [5, 5.41) is 12.1. The van der Waals surface area contributed by atoms with Crippen molar-refractivity contribution in [1.82, 2.24) is 24.8 Å². The summed E-state index contributed by atoms with van der Waals surface area (Å²) in [5.41, 5.74) is 0.918. The van der Waals surface area contributed by atoms with Gasteiger partial charge in [-0.25, -0.2) is 0 Å². The topological polar surface area (TPSA) is 57.8 Å². The summed E-state index contributed by atoms with van der Waals surface area (Å²) < 4.78 is 2.07. The van der Waals surface area contributed by atoms with Crippen LogP contribution in [0.2, 0.25) is 0 Å². The van der Waals surface area contributed by atoms with Gasteiger partial charge in [0, 0.05) is 39.3 Å². The monoisotopic (exact) mass is 468 g/mol. The molecular formula is C19H29IN6. The van der Waals surface area contributed by atoms with Crippen LogP contribution in [0, 0.1) is 11.8 Å². The molecule has 0 radical (unpaired) electrons. The number of guanidine groups is 1. The number of pyridine rings is 1. The Hall–Kier alpha value is -1.38. The molecule has 2 atom stereocenters. The van der Waals surface area contributed by atoms with E-state index in [0.717, 1.165) is 48.7 Å². The van der Waals surface area contributed by atoms with Crippen molar-refractivity contribution in [3.63, 3.8) is 0 Å². The molecule has 142 valence electrons. The molecule has 0 spiro atoms. The first-order valence-corrected chi connectivity index (χ1v) is 9.59. The Morgan fingerprint density at radius 1 is 1.19 bits per heavy atom. The van der Waals surface area contributed by atoms with Gasteiger partial charge in [0.05, 0.1) is 0 Å². The Morgan fingerprint density at radius 2 is 1.96 bits per heavy atom. The molecule has 0 bridgehead atoms. The number of hydrogen-bond donors (Lipinski definition) is 1. The van der Waals surface area contributed by atoms with Crippen LogP contribution in [0.1, 0.15) is 37.9 Å². The van der Waals surface area contributed by atoms with E-state index in [1.165, 1.54) is 38.8 Å². The van der Waals surface area contributed by atoms with Crippen molar-refractivity contribution in [3.8, 4) is 0 Å². The van der Waals surface area contributed by atoms with Crippen LogP contribution < -0.4 is 5.32 Å². The zero-order valence-electron chi connectivity index (χ0n) is 15.5. The lowest BCUT2D eigenvalue weighted by atomic mass is 9.82. The molecule has 1 aliphatic carbocycles. The van der Waals surface area contributed by atoms with Crippen molar-refractivity contribution in [2.45, 2.75) is 38.5 Å². The Labute approximate surface area is 172 Å². The maximum atomic E-state index is 4.51. The van der Waals surface area contributed by atoms with E-state index in [9.17, 15) is 0 Å². The zero-order valence-corrected chi connectivity index (χ0v) is 17.8. The largest absolute Gasteiger partial charge is 0.356 e. The Bertz CT molecular complexity index is 728. The van der Waals surface area contributed by atoms with Gasteiger partial charge in [0.25, 0.3) is 0 Å². The summed E-state index contributed by atoms with van der Waals surface area (Å²) in [6.07, 6.45) is 9.59. The van der Waals surface area contributed by atoms with Crippen LogP contribution in [0.5, 0.6) is 0 Å². The number of hydrogen-bond acceptors (Lipinski definition) is 3. The first-order chi connectivity index (χ1) is 12.3. The van der Waals surface area contributed by atoms with Gasteiger partial charge in [0.15, 0.2) is 11.6 Å². The fourth-order valence-electron chi connectivity index (χ4n) is 4.42. The van der Waals surface area contributed by atoms with E-state index >= 15 is 0 Å². The van der Waals surface area contributed by atoms with Crippen molar-refractivity contribution in [2.24, 2.45) is 16.8 Å². The van der Waals surface area contributed by atoms with Crippen LogP contribution in [-0.4, -0.2) is 52.1 Å². The third-order valence-corrected chi connectivity index (χ3v) is 5.73. The maximum Gasteiger partial charge on any atom is 0.193 e. The minimum absolute atomic E-state index is 0. The number of aliphatic imine (C=N–C) groups is 1. The Kier molecular flexibility index (Phi) is 6.72. The van der Waals surface area contributed by atoms with Crippen LogP contribution in [-0.2, 0) is 6.42 Å². The molecule has 4 rings (SSSR count). The minimum Gasteiger partial charge on any atom is -0.356 e. The van der Waals surface area contributed by atoms with E-state index in [-0.39, 0.29) is 24.0 Å². The van der Waals surface area contributed by atoms with Gasteiger partial charge in [-0.2, -0.15) is 0 Å². The maximum absolute atomic E-state index is 4.51. The highest BCUT2D eigenvalue weighted by Gasteiger charge is 2.35. The third kappa shape index (κ3) is 4.13. The van der Waals surface area contributed by atoms with Crippen molar-refractivity contribution in [2.75, 3.05) is 26.7 Å². The second-order valence-electron chi connectivity index (χ2n) is 7.33. The smallest absolute Gasteiger partial charge is 0.193 e. The second kappa shape index (κ2) is 9.01. The van der Waals surface area contributed by atoms with E-state index in [0.29, 0.717) is 0 Å². The molecule has 2 unspecified atom stereocenters. The summed E-state index contributed by atoms with van der Waals surface area (Å²) >= 11 is 0. The molecule has 2 aromatic rings. The molecule has 2 aliphatic rings. The van der Waals surface area contributed by atoms with Crippen molar-refractivity contribution in [1.29, 1.82) is 0 Å². The molecule has 1 N–H and O–H groups in total. The first kappa shape index (κ1) is 19.4. The number of fused-ring (bicyclic) bond motifs is 2. The zero-order chi connectivity index (χ0) is 17.1. The summed E-state index contributed by atoms with van der Waals surface area (Å²) in [5.74, 6) is 3.87. The molecule has 6 nitrogen and oxygen atoms in total. The number of rotatable bonds is 4. The van der Waals surface area contributed by atoms with E-state index < -0.39 is 0 Å². The minimum atomic E-state index is 0. The van der Waals surface area contributed by atoms with Gasteiger partial charge in [0.1, 0.15) is 5.82 Å². The van der Waals surface area contributed by atoms with Crippen molar-refractivity contribution < 1.29 is 0 Å². The number of halogens is 1. The highest BCUT2D eigenvalue weighted by Crippen LogP contribution is 2.35. The van der Waals surface area contributed by atoms with E-state index in [1.54, 1.807) is 0 Å². The summed E-state index contributed by atoms with van der Waals surface area (Å²) in [6, 6.07) is 6.00. The summed E-state index contributed by atoms with van der Waals surface area (Å²) in [7, 11) is 1.90. The van der Waals surface area contributed by atoms with Gasteiger partial charge in [-0.05, 0) is 43.2 Å². The molecule has 1 aliphatic heterocycles. The number of likely N-dealkylation sites (tertiary alicyclic amines) is 1. The second-order valence-corrected chi connectivity index (χ2v) is 7.33. The van der Waals surface area contributed by atoms with E-state index in [4.69, 9.17) is 0 Å². The molecule has 0 aromatic carbocycles. The molecule has 26 heavy (non-hydrogen) atoms.